The van der Waals surface area contributed by atoms with Gasteiger partial charge in [-0.05, 0) is 37.3 Å². The van der Waals surface area contributed by atoms with Crippen molar-refractivity contribution in [3.8, 4) is 0 Å². The second-order valence-electron chi connectivity index (χ2n) is 5.53. The Morgan fingerprint density at radius 2 is 2.29 bits per heavy atom. The van der Waals surface area contributed by atoms with Gasteiger partial charge in [-0.2, -0.15) is 0 Å². The summed E-state index contributed by atoms with van der Waals surface area (Å²) in [4.78, 5) is 1.36. The molecule has 0 aliphatic carbocycles. The summed E-state index contributed by atoms with van der Waals surface area (Å²) in [6, 6.07) is 4.82. The summed E-state index contributed by atoms with van der Waals surface area (Å²) in [5.74, 6) is 0. The molecule has 0 saturated carbocycles. The molecule has 4 heteroatoms. The smallest absolute Gasteiger partial charge is 0.0709 e. The topological polar surface area (TPSA) is 27.3 Å². The molecule has 3 heterocycles. The van der Waals surface area contributed by atoms with E-state index >= 15 is 0 Å². The maximum atomic E-state index is 3.62. The minimum absolute atomic E-state index is 0.229. The molecule has 92 valence electrons. The van der Waals surface area contributed by atoms with Gasteiger partial charge >= 0.3 is 0 Å². The molecule has 2 aliphatic rings. The van der Waals surface area contributed by atoms with E-state index in [9.17, 15) is 0 Å². The fourth-order valence-electron chi connectivity index (χ4n) is 2.79. The van der Waals surface area contributed by atoms with Gasteiger partial charge in [-0.25, -0.2) is 5.43 Å². The quantitative estimate of drug-likeness (QED) is 0.797. The molecular formula is C13H19N3S. The van der Waals surface area contributed by atoms with E-state index in [2.05, 4.69) is 54.2 Å². The van der Waals surface area contributed by atoms with Crippen molar-refractivity contribution in [2.24, 2.45) is 0 Å². The Balaban J connectivity index is 1.97. The summed E-state index contributed by atoms with van der Waals surface area (Å²) in [5, 5.41) is 7.95. The number of nitrogens with one attached hydrogen (secondary N) is 2. The van der Waals surface area contributed by atoms with Gasteiger partial charge in [-0.1, -0.05) is 6.07 Å². The van der Waals surface area contributed by atoms with E-state index in [0.29, 0.717) is 6.04 Å². The van der Waals surface area contributed by atoms with Crippen LogP contribution in [0.1, 0.15) is 25.1 Å². The van der Waals surface area contributed by atoms with Gasteiger partial charge in [0.2, 0.25) is 0 Å². The molecule has 0 spiro atoms. The van der Waals surface area contributed by atoms with Crippen LogP contribution in [0.25, 0.3) is 5.70 Å². The highest BCUT2D eigenvalue weighted by molar-refractivity contribution is 7.11. The van der Waals surface area contributed by atoms with Crippen molar-refractivity contribution in [2.75, 3.05) is 13.6 Å². The molecule has 1 aromatic rings. The SMILES string of the molecule is CN1NC2CC(C)(C)NCC2=C1c1cccs1. The molecule has 0 radical (unpaired) electrons. The van der Waals surface area contributed by atoms with Crippen molar-refractivity contribution in [1.29, 1.82) is 0 Å². The Hall–Kier alpha value is -0.840. The molecule has 1 aromatic heterocycles. The molecule has 1 unspecified atom stereocenters. The number of hydrogen-bond acceptors (Lipinski definition) is 4. The number of hydrogen-bond donors (Lipinski definition) is 2. The number of thiophene rings is 1. The second-order valence-corrected chi connectivity index (χ2v) is 6.48. The lowest BCUT2D eigenvalue weighted by molar-refractivity contribution is 0.256. The first-order chi connectivity index (χ1) is 8.07. The third kappa shape index (κ3) is 1.90. The standard InChI is InChI=1S/C13H19N3S/c1-13(2)7-10-9(8-14-13)12(16(3)15-10)11-5-4-6-17-11/h4-6,10,14-15H,7-8H2,1-3H3. The summed E-state index contributed by atoms with van der Waals surface area (Å²) in [6.07, 6.45) is 1.14. The third-order valence-corrected chi connectivity index (χ3v) is 4.51. The van der Waals surface area contributed by atoms with Crippen molar-refractivity contribution in [1.82, 2.24) is 15.8 Å². The fraction of sp³-hybridized carbons (Fsp3) is 0.538. The molecular weight excluding hydrogens is 230 g/mol. The molecule has 3 nitrogen and oxygen atoms in total. The predicted molar refractivity (Wildman–Crippen MR) is 72.6 cm³/mol. The van der Waals surface area contributed by atoms with Crippen LogP contribution in [-0.2, 0) is 0 Å². The molecule has 0 bridgehead atoms. The second kappa shape index (κ2) is 3.83. The summed E-state index contributed by atoms with van der Waals surface area (Å²) >= 11 is 1.81. The predicted octanol–water partition coefficient (Wildman–Crippen LogP) is 2.05. The zero-order valence-electron chi connectivity index (χ0n) is 10.6. The number of piperidine rings is 1. The first kappa shape index (κ1) is 11.3. The van der Waals surface area contributed by atoms with Crippen LogP contribution in [0.2, 0.25) is 0 Å². The van der Waals surface area contributed by atoms with Gasteiger partial charge in [-0.3, -0.25) is 0 Å². The average Bonchev–Trinajstić information content (AvgIpc) is 2.82. The number of rotatable bonds is 1. The zero-order chi connectivity index (χ0) is 12.0. The van der Waals surface area contributed by atoms with E-state index in [1.807, 2.05) is 11.3 Å². The molecule has 2 N–H and O–H groups in total. The van der Waals surface area contributed by atoms with Crippen molar-refractivity contribution in [3.05, 3.63) is 28.0 Å². The number of fused-ring (bicyclic) bond motifs is 1. The molecule has 3 rings (SSSR count). The van der Waals surface area contributed by atoms with Crippen molar-refractivity contribution >= 4 is 17.0 Å². The molecule has 0 amide bonds. The molecule has 1 fully saturated rings. The highest BCUT2D eigenvalue weighted by atomic mass is 32.1. The van der Waals surface area contributed by atoms with Crippen LogP contribution in [-0.4, -0.2) is 30.2 Å². The summed E-state index contributed by atoms with van der Waals surface area (Å²) in [7, 11) is 2.12. The van der Waals surface area contributed by atoms with Crippen LogP contribution in [0.5, 0.6) is 0 Å². The first-order valence-corrected chi connectivity index (χ1v) is 6.97. The van der Waals surface area contributed by atoms with Crippen LogP contribution < -0.4 is 10.7 Å². The first-order valence-electron chi connectivity index (χ1n) is 6.09. The van der Waals surface area contributed by atoms with E-state index in [-0.39, 0.29) is 5.54 Å². The van der Waals surface area contributed by atoms with Gasteiger partial charge in [0.1, 0.15) is 0 Å². The van der Waals surface area contributed by atoms with Crippen LogP contribution in [0.3, 0.4) is 0 Å². The van der Waals surface area contributed by atoms with Crippen molar-refractivity contribution < 1.29 is 0 Å². The number of nitrogens with zero attached hydrogens (tertiary/aromatic N) is 1. The summed E-state index contributed by atoms with van der Waals surface area (Å²) in [6.45, 7) is 5.53. The Morgan fingerprint density at radius 1 is 1.47 bits per heavy atom. The van der Waals surface area contributed by atoms with E-state index in [1.165, 1.54) is 16.1 Å². The molecule has 2 aliphatic heterocycles. The normalized spacial score (nSPS) is 27.5. The highest BCUT2D eigenvalue weighted by Gasteiger charge is 2.38. The number of hydrazine groups is 1. The van der Waals surface area contributed by atoms with Crippen LogP contribution in [0.4, 0.5) is 0 Å². The maximum absolute atomic E-state index is 3.62. The van der Waals surface area contributed by atoms with E-state index in [0.717, 1.165) is 13.0 Å². The lowest BCUT2D eigenvalue weighted by Crippen LogP contribution is -2.52. The van der Waals surface area contributed by atoms with Gasteiger partial charge in [0.25, 0.3) is 0 Å². The van der Waals surface area contributed by atoms with Crippen LogP contribution >= 0.6 is 11.3 Å². The minimum atomic E-state index is 0.229. The van der Waals surface area contributed by atoms with Gasteiger partial charge in [0.05, 0.1) is 16.6 Å². The molecule has 0 aromatic carbocycles. The average molecular weight is 249 g/mol. The van der Waals surface area contributed by atoms with E-state index < -0.39 is 0 Å². The Bertz CT molecular complexity index is 447. The molecule has 1 atom stereocenters. The summed E-state index contributed by atoms with van der Waals surface area (Å²) < 4.78 is 0. The van der Waals surface area contributed by atoms with Gasteiger partial charge in [-0.15, -0.1) is 11.3 Å². The monoisotopic (exact) mass is 249 g/mol. The lowest BCUT2D eigenvalue weighted by Gasteiger charge is -2.36. The van der Waals surface area contributed by atoms with Gasteiger partial charge in [0.15, 0.2) is 0 Å². The van der Waals surface area contributed by atoms with E-state index in [4.69, 9.17) is 0 Å². The highest BCUT2D eigenvalue weighted by Crippen LogP contribution is 2.35. The summed E-state index contributed by atoms with van der Waals surface area (Å²) in [5.41, 5.74) is 6.68. The molecule has 17 heavy (non-hydrogen) atoms. The maximum Gasteiger partial charge on any atom is 0.0709 e. The molecule has 1 saturated heterocycles. The van der Waals surface area contributed by atoms with Crippen molar-refractivity contribution in [3.63, 3.8) is 0 Å². The lowest BCUT2D eigenvalue weighted by atomic mass is 9.86. The Morgan fingerprint density at radius 3 is 3.00 bits per heavy atom. The van der Waals surface area contributed by atoms with Crippen LogP contribution in [0, 0.1) is 0 Å². The van der Waals surface area contributed by atoms with Gasteiger partial charge < -0.3 is 10.3 Å². The Kier molecular flexibility index (Phi) is 2.54. The fourth-order valence-corrected chi connectivity index (χ4v) is 3.63. The largest absolute Gasteiger partial charge is 0.309 e. The van der Waals surface area contributed by atoms with E-state index in [1.54, 1.807) is 0 Å². The third-order valence-electron chi connectivity index (χ3n) is 3.64. The van der Waals surface area contributed by atoms with Gasteiger partial charge in [0, 0.05) is 19.1 Å². The van der Waals surface area contributed by atoms with Crippen LogP contribution in [0.15, 0.2) is 23.1 Å². The minimum Gasteiger partial charge on any atom is -0.309 e. The zero-order valence-corrected chi connectivity index (χ0v) is 11.4. The van der Waals surface area contributed by atoms with Crippen molar-refractivity contribution in [2.45, 2.75) is 31.8 Å². The Labute approximate surface area is 106 Å².